The lowest BCUT2D eigenvalue weighted by Gasteiger charge is -2.06. The van der Waals surface area contributed by atoms with E-state index in [0.29, 0.717) is 6.61 Å². The van der Waals surface area contributed by atoms with E-state index in [4.69, 9.17) is 4.74 Å². The molecule has 0 saturated carbocycles. The summed E-state index contributed by atoms with van der Waals surface area (Å²) in [5, 5.41) is 0. The highest BCUT2D eigenvalue weighted by Gasteiger charge is 1.98. The third-order valence-electron chi connectivity index (χ3n) is 1.31. The Morgan fingerprint density at radius 2 is 2.20 bits per heavy atom. The van der Waals surface area contributed by atoms with Crippen LogP contribution in [0.5, 0.6) is 0 Å². The van der Waals surface area contributed by atoms with Crippen molar-refractivity contribution in [2.45, 2.75) is 26.7 Å². The SMILES string of the molecule is CCCCOCC(C)CF. The van der Waals surface area contributed by atoms with Crippen LogP contribution in [0.2, 0.25) is 0 Å². The van der Waals surface area contributed by atoms with E-state index in [1.54, 1.807) is 0 Å². The van der Waals surface area contributed by atoms with Crippen LogP contribution >= 0.6 is 0 Å². The third-order valence-corrected chi connectivity index (χ3v) is 1.31. The van der Waals surface area contributed by atoms with Gasteiger partial charge in [0, 0.05) is 12.5 Å². The molecular weight excluding hydrogens is 131 g/mol. The molecule has 0 rings (SSSR count). The fourth-order valence-electron chi connectivity index (χ4n) is 0.575. The summed E-state index contributed by atoms with van der Waals surface area (Å²) in [6, 6.07) is 0. The fourth-order valence-corrected chi connectivity index (χ4v) is 0.575. The van der Waals surface area contributed by atoms with Gasteiger partial charge in [0.05, 0.1) is 13.3 Å². The molecule has 0 aromatic carbocycles. The van der Waals surface area contributed by atoms with Crippen molar-refractivity contribution < 1.29 is 9.13 Å². The topological polar surface area (TPSA) is 9.23 Å². The summed E-state index contributed by atoms with van der Waals surface area (Å²) in [4.78, 5) is 0. The van der Waals surface area contributed by atoms with E-state index in [0.717, 1.165) is 19.4 Å². The second-order valence-electron chi connectivity index (χ2n) is 2.69. The highest BCUT2D eigenvalue weighted by molar-refractivity contribution is 4.46. The highest BCUT2D eigenvalue weighted by atomic mass is 19.1. The number of alkyl halides is 1. The first kappa shape index (κ1) is 9.89. The van der Waals surface area contributed by atoms with Crippen molar-refractivity contribution in [1.82, 2.24) is 0 Å². The van der Waals surface area contributed by atoms with Crippen LogP contribution in [-0.4, -0.2) is 19.9 Å². The van der Waals surface area contributed by atoms with Gasteiger partial charge < -0.3 is 4.74 Å². The minimum atomic E-state index is -0.272. The van der Waals surface area contributed by atoms with Gasteiger partial charge in [0.1, 0.15) is 0 Å². The highest BCUT2D eigenvalue weighted by Crippen LogP contribution is 1.97. The summed E-state index contributed by atoms with van der Waals surface area (Å²) >= 11 is 0. The van der Waals surface area contributed by atoms with E-state index in [1.165, 1.54) is 0 Å². The number of ether oxygens (including phenoxy) is 1. The first-order valence-corrected chi connectivity index (χ1v) is 3.95. The number of hydrogen-bond acceptors (Lipinski definition) is 1. The quantitative estimate of drug-likeness (QED) is 0.525. The second-order valence-corrected chi connectivity index (χ2v) is 2.69. The van der Waals surface area contributed by atoms with Crippen LogP contribution in [-0.2, 0) is 4.74 Å². The third kappa shape index (κ3) is 6.02. The first-order valence-electron chi connectivity index (χ1n) is 3.95. The molecule has 0 fully saturated rings. The maximum atomic E-state index is 11.8. The van der Waals surface area contributed by atoms with Gasteiger partial charge in [0.25, 0.3) is 0 Å². The van der Waals surface area contributed by atoms with Gasteiger partial charge in [0.2, 0.25) is 0 Å². The zero-order valence-corrected chi connectivity index (χ0v) is 6.90. The summed E-state index contributed by atoms with van der Waals surface area (Å²) in [7, 11) is 0. The maximum absolute atomic E-state index is 11.8. The summed E-state index contributed by atoms with van der Waals surface area (Å²) in [6.07, 6.45) is 2.23. The van der Waals surface area contributed by atoms with E-state index in [1.807, 2.05) is 6.92 Å². The Balaban J connectivity index is 2.89. The number of halogens is 1. The number of hydrogen-bond donors (Lipinski definition) is 0. The Hall–Kier alpha value is -0.110. The molecule has 62 valence electrons. The molecule has 1 nitrogen and oxygen atoms in total. The van der Waals surface area contributed by atoms with Gasteiger partial charge in [-0.1, -0.05) is 20.3 Å². The molecule has 0 amide bonds. The zero-order chi connectivity index (χ0) is 7.82. The van der Waals surface area contributed by atoms with Gasteiger partial charge in [-0.25, -0.2) is 0 Å². The molecule has 0 saturated heterocycles. The molecule has 0 heterocycles. The van der Waals surface area contributed by atoms with Crippen LogP contribution in [0.4, 0.5) is 4.39 Å². The molecule has 1 atom stereocenters. The van der Waals surface area contributed by atoms with Crippen LogP contribution in [0.15, 0.2) is 0 Å². The smallest absolute Gasteiger partial charge is 0.0941 e. The average molecular weight is 148 g/mol. The summed E-state index contributed by atoms with van der Waals surface area (Å²) in [5.74, 6) is 0.0665. The zero-order valence-electron chi connectivity index (χ0n) is 6.90. The van der Waals surface area contributed by atoms with Crippen molar-refractivity contribution >= 4 is 0 Å². The van der Waals surface area contributed by atoms with Crippen LogP contribution in [0.3, 0.4) is 0 Å². The van der Waals surface area contributed by atoms with E-state index in [-0.39, 0.29) is 12.6 Å². The van der Waals surface area contributed by atoms with Crippen molar-refractivity contribution in [3.05, 3.63) is 0 Å². The van der Waals surface area contributed by atoms with E-state index in [9.17, 15) is 4.39 Å². The molecule has 0 N–H and O–H groups in total. The predicted molar refractivity (Wildman–Crippen MR) is 40.9 cm³/mol. The molecule has 0 aliphatic rings. The Morgan fingerprint density at radius 3 is 2.70 bits per heavy atom. The van der Waals surface area contributed by atoms with Gasteiger partial charge in [-0.15, -0.1) is 0 Å². The summed E-state index contributed by atoms with van der Waals surface area (Å²) in [6.45, 7) is 5.04. The Morgan fingerprint density at radius 1 is 1.50 bits per heavy atom. The largest absolute Gasteiger partial charge is 0.381 e. The second kappa shape index (κ2) is 7.00. The Labute approximate surface area is 62.6 Å². The van der Waals surface area contributed by atoms with E-state index >= 15 is 0 Å². The minimum Gasteiger partial charge on any atom is -0.381 e. The standard InChI is InChI=1S/C8H17FO/c1-3-4-5-10-7-8(2)6-9/h8H,3-7H2,1-2H3. The fraction of sp³-hybridized carbons (Fsp3) is 1.00. The number of rotatable bonds is 6. The molecule has 0 bridgehead atoms. The Bertz CT molecular complexity index is 66.3. The van der Waals surface area contributed by atoms with Crippen LogP contribution < -0.4 is 0 Å². The normalized spacial score (nSPS) is 13.5. The molecule has 0 radical (unpaired) electrons. The van der Waals surface area contributed by atoms with Crippen LogP contribution in [0.25, 0.3) is 0 Å². The molecule has 0 aromatic rings. The van der Waals surface area contributed by atoms with Gasteiger partial charge in [0.15, 0.2) is 0 Å². The molecule has 2 heteroatoms. The van der Waals surface area contributed by atoms with Crippen LogP contribution in [0.1, 0.15) is 26.7 Å². The lowest BCUT2D eigenvalue weighted by molar-refractivity contribution is 0.0935. The average Bonchev–Trinajstić information content (AvgIpc) is 1.98. The lowest BCUT2D eigenvalue weighted by Crippen LogP contribution is -2.08. The van der Waals surface area contributed by atoms with E-state index in [2.05, 4.69) is 6.92 Å². The van der Waals surface area contributed by atoms with Gasteiger partial charge in [-0.3, -0.25) is 4.39 Å². The molecule has 0 aromatic heterocycles. The molecular formula is C8H17FO. The lowest BCUT2D eigenvalue weighted by atomic mass is 10.2. The minimum absolute atomic E-state index is 0.0665. The first-order chi connectivity index (χ1) is 4.81. The predicted octanol–water partition coefficient (Wildman–Crippen LogP) is 2.41. The summed E-state index contributed by atoms with van der Waals surface area (Å²) < 4.78 is 17.0. The van der Waals surface area contributed by atoms with Gasteiger partial charge in [-0.2, -0.15) is 0 Å². The number of unbranched alkanes of at least 4 members (excludes halogenated alkanes) is 1. The van der Waals surface area contributed by atoms with Gasteiger partial charge in [-0.05, 0) is 6.42 Å². The molecule has 0 aliphatic carbocycles. The van der Waals surface area contributed by atoms with Crippen molar-refractivity contribution in [3.63, 3.8) is 0 Å². The molecule has 0 aliphatic heterocycles. The van der Waals surface area contributed by atoms with Gasteiger partial charge >= 0.3 is 0 Å². The van der Waals surface area contributed by atoms with Crippen molar-refractivity contribution in [2.24, 2.45) is 5.92 Å². The van der Waals surface area contributed by atoms with Crippen LogP contribution in [0, 0.1) is 5.92 Å². The Kier molecular flexibility index (Phi) is 6.93. The monoisotopic (exact) mass is 148 g/mol. The molecule has 1 unspecified atom stereocenters. The van der Waals surface area contributed by atoms with Crippen molar-refractivity contribution in [2.75, 3.05) is 19.9 Å². The summed E-state index contributed by atoms with van der Waals surface area (Å²) in [5.41, 5.74) is 0. The molecule has 0 spiro atoms. The molecule has 10 heavy (non-hydrogen) atoms. The maximum Gasteiger partial charge on any atom is 0.0941 e. The van der Waals surface area contributed by atoms with Crippen molar-refractivity contribution in [3.8, 4) is 0 Å². The van der Waals surface area contributed by atoms with Crippen molar-refractivity contribution in [1.29, 1.82) is 0 Å². The van der Waals surface area contributed by atoms with E-state index < -0.39 is 0 Å².